The van der Waals surface area contributed by atoms with Crippen LogP contribution in [-0.2, 0) is 20.9 Å². The van der Waals surface area contributed by atoms with E-state index in [2.05, 4.69) is 10.6 Å². The van der Waals surface area contributed by atoms with Gasteiger partial charge >= 0.3 is 12.0 Å². The van der Waals surface area contributed by atoms with Crippen LogP contribution < -0.4 is 15.4 Å². The number of carbonyl (C=O) groups is 3. The maximum absolute atomic E-state index is 11.7. The molecule has 2 aromatic rings. The van der Waals surface area contributed by atoms with Crippen molar-refractivity contribution < 1.29 is 23.9 Å². The Hall–Kier alpha value is -3.61. The Kier molecular flexibility index (Phi) is 8.17. The minimum absolute atomic E-state index is 0.470. The van der Waals surface area contributed by atoms with Gasteiger partial charge in [0.1, 0.15) is 12.4 Å². The number of esters is 1. The third-order valence-corrected chi connectivity index (χ3v) is 3.63. The van der Waals surface area contributed by atoms with Crippen molar-refractivity contribution in [1.29, 1.82) is 0 Å². The smallest absolute Gasteiger partial charge is 0.331 e. The van der Waals surface area contributed by atoms with Crippen LogP contribution >= 0.6 is 0 Å². The molecule has 0 aromatic heterocycles. The second-order valence-electron chi connectivity index (χ2n) is 7.54. The highest BCUT2D eigenvalue weighted by molar-refractivity contribution is 5.96. The molecule has 158 valence electrons. The molecule has 0 aliphatic carbocycles. The molecule has 2 aromatic carbocycles. The average molecular weight is 410 g/mol. The zero-order valence-electron chi connectivity index (χ0n) is 17.3. The van der Waals surface area contributed by atoms with Crippen LogP contribution in [0, 0.1) is 0 Å². The molecule has 0 aliphatic rings. The molecule has 0 radical (unpaired) electrons. The van der Waals surface area contributed by atoms with E-state index in [1.165, 1.54) is 6.08 Å². The van der Waals surface area contributed by atoms with E-state index in [1.807, 2.05) is 30.3 Å². The van der Waals surface area contributed by atoms with Crippen LogP contribution in [-0.4, -0.2) is 30.1 Å². The van der Waals surface area contributed by atoms with E-state index < -0.39 is 30.1 Å². The van der Waals surface area contributed by atoms with Crippen LogP contribution in [0.15, 0.2) is 60.7 Å². The highest BCUT2D eigenvalue weighted by Crippen LogP contribution is 2.15. The van der Waals surface area contributed by atoms with Crippen LogP contribution in [0.3, 0.4) is 0 Å². The van der Waals surface area contributed by atoms with Gasteiger partial charge in [0.25, 0.3) is 5.91 Å². The Labute approximate surface area is 176 Å². The van der Waals surface area contributed by atoms with Crippen LogP contribution in [0.2, 0.25) is 0 Å². The normalized spacial score (nSPS) is 11.0. The Bertz CT molecular complexity index is 884. The summed E-state index contributed by atoms with van der Waals surface area (Å²) < 4.78 is 10.5. The van der Waals surface area contributed by atoms with Gasteiger partial charge in [-0.05, 0) is 50.1 Å². The van der Waals surface area contributed by atoms with Crippen LogP contribution in [0.1, 0.15) is 31.9 Å². The lowest BCUT2D eigenvalue weighted by Gasteiger charge is -2.20. The number of hydrogen-bond acceptors (Lipinski definition) is 5. The van der Waals surface area contributed by atoms with Crippen molar-refractivity contribution in [3.8, 4) is 5.75 Å². The highest BCUT2D eigenvalue weighted by atomic mass is 16.5. The molecule has 0 fully saturated rings. The molecule has 0 saturated heterocycles. The first-order chi connectivity index (χ1) is 14.2. The Balaban J connectivity index is 1.73. The fourth-order valence-corrected chi connectivity index (χ4v) is 2.30. The van der Waals surface area contributed by atoms with Gasteiger partial charge in [-0.3, -0.25) is 10.1 Å². The largest absolute Gasteiger partial charge is 0.489 e. The minimum Gasteiger partial charge on any atom is -0.489 e. The maximum atomic E-state index is 11.7. The Morgan fingerprint density at radius 1 is 0.967 bits per heavy atom. The molecule has 30 heavy (non-hydrogen) atoms. The SMILES string of the molecule is CC(C)(C)NC(=O)NC(=O)COC(=O)/C=C/c1ccc(OCc2ccccc2)cc1. The van der Waals surface area contributed by atoms with Crippen molar-refractivity contribution >= 4 is 24.0 Å². The van der Waals surface area contributed by atoms with Crippen LogP contribution in [0.25, 0.3) is 6.08 Å². The number of hydrogen-bond donors (Lipinski definition) is 2. The third-order valence-electron chi connectivity index (χ3n) is 3.63. The molecule has 0 heterocycles. The summed E-state index contributed by atoms with van der Waals surface area (Å²) in [7, 11) is 0. The van der Waals surface area contributed by atoms with Gasteiger partial charge < -0.3 is 14.8 Å². The summed E-state index contributed by atoms with van der Waals surface area (Å²) >= 11 is 0. The maximum Gasteiger partial charge on any atom is 0.331 e. The summed E-state index contributed by atoms with van der Waals surface area (Å²) in [5.41, 5.74) is 1.36. The molecule has 0 aliphatic heterocycles. The topological polar surface area (TPSA) is 93.7 Å². The average Bonchev–Trinajstić information content (AvgIpc) is 2.69. The van der Waals surface area contributed by atoms with Gasteiger partial charge in [0, 0.05) is 11.6 Å². The number of rotatable bonds is 7. The minimum atomic E-state index is -0.710. The number of carbonyl (C=O) groups excluding carboxylic acids is 3. The molecule has 7 heteroatoms. The van der Waals surface area contributed by atoms with E-state index in [-0.39, 0.29) is 0 Å². The Morgan fingerprint density at radius 2 is 1.63 bits per heavy atom. The lowest BCUT2D eigenvalue weighted by Crippen LogP contribution is -2.49. The molecule has 0 spiro atoms. The lowest BCUT2D eigenvalue weighted by molar-refractivity contribution is -0.143. The number of benzene rings is 2. The van der Waals surface area contributed by atoms with Crippen molar-refractivity contribution in [3.63, 3.8) is 0 Å². The molecular formula is C23H26N2O5. The van der Waals surface area contributed by atoms with E-state index in [4.69, 9.17) is 9.47 Å². The number of imide groups is 1. The highest BCUT2D eigenvalue weighted by Gasteiger charge is 2.16. The molecule has 2 rings (SSSR count). The van der Waals surface area contributed by atoms with Gasteiger partial charge in [-0.2, -0.15) is 0 Å². The first-order valence-electron chi connectivity index (χ1n) is 9.45. The molecule has 0 unspecified atom stereocenters. The summed E-state index contributed by atoms with van der Waals surface area (Å²) in [6.07, 6.45) is 2.77. The van der Waals surface area contributed by atoms with E-state index in [1.54, 1.807) is 51.1 Å². The zero-order valence-corrected chi connectivity index (χ0v) is 17.3. The van der Waals surface area contributed by atoms with Crippen molar-refractivity contribution in [2.75, 3.05) is 6.61 Å². The van der Waals surface area contributed by atoms with E-state index >= 15 is 0 Å². The van der Waals surface area contributed by atoms with Gasteiger partial charge in [0.15, 0.2) is 6.61 Å². The first-order valence-corrected chi connectivity index (χ1v) is 9.45. The van der Waals surface area contributed by atoms with Gasteiger partial charge in [0.2, 0.25) is 0 Å². The summed E-state index contributed by atoms with van der Waals surface area (Å²) in [6.45, 7) is 5.27. The number of nitrogens with one attached hydrogen (secondary N) is 2. The third kappa shape index (κ3) is 9.05. The lowest BCUT2D eigenvalue weighted by atomic mass is 10.1. The number of amides is 3. The van der Waals surface area contributed by atoms with Crippen LogP contribution in [0.5, 0.6) is 5.75 Å². The predicted octanol–water partition coefficient (Wildman–Crippen LogP) is 3.45. The van der Waals surface area contributed by atoms with Gasteiger partial charge in [-0.1, -0.05) is 42.5 Å². The quantitative estimate of drug-likeness (QED) is 0.539. The van der Waals surface area contributed by atoms with E-state index in [0.717, 1.165) is 11.1 Å². The fraction of sp³-hybridized carbons (Fsp3) is 0.261. The van der Waals surface area contributed by atoms with Crippen molar-refractivity contribution in [2.24, 2.45) is 0 Å². The molecular weight excluding hydrogens is 384 g/mol. The zero-order chi connectivity index (χ0) is 22.0. The summed E-state index contributed by atoms with van der Waals surface area (Å²) in [4.78, 5) is 35.0. The first kappa shape index (κ1) is 22.7. The van der Waals surface area contributed by atoms with Crippen molar-refractivity contribution in [3.05, 3.63) is 71.8 Å². The van der Waals surface area contributed by atoms with E-state index in [9.17, 15) is 14.4 Å². The summed E-state index contributed by atoms with van der Waals surface area (Å²) in [5.74, 6) is -0.687. The van der Waals surface area contributed by atoms with Crippen molar-refractivity contribution in [1.82, 2.24) is 10.6 Å². The van der Waals surface area contributed by atoms with Crippen molar-refractivity contribution in [2.45, 2.75) is 32.9 Å². The number of ether oxygens (including phenoxy) is 2. The predicted molar refractivity (Wildman–Crippen MR) is 114 cm³/mol. The van der Waals surface area contributed by atoms with Gasteiger partial charge in [-0.25, -0.2) is 9.59 Å². The molecule has 2 N–H and O–H groups in total. The van der Waals surface area contributed by atoms with E-state index in [0.29, 0.717) is 12.4 Å². The monoisotopic (exact) mass is 410 g/mol. The molecule has 3 amide bonds. The molecule has 0 bridgehead atoms. The molecule has 0 atom stereocenters. The van der Waals surface area contributed by atoms with Gasteiger partial charge in [0.05, 0.1) is 0 Å². The molecule has 0 saturated carbocycles. The standard InChI is InChI=1S/C23H26N2O5/c1-23(2,3)25-22(28)24-20(26)16-30-21(27)14-11-17-9-12-19(13-10-17)29-15-18-7-5-4-6-8-18/h4-14H,15-16H2,1-3H3,(H2,24,25,26,28)/b14-11+. The van der Waals surface area contributed by atoms with Gasteiger partial charge in [-0.15, -0.1) is 0 Å². The Morgan fingerprint density at radius 3 is 2.27 bits per heavy atom. The second kappa shape index (κ2) is 10.8. The second-order valence-corrected chi connectivity index (χ2v) is 7.54. The van der Waals surface area contributed by atoms with Crippen LogP contribution in [0.4, 0.5) is 4.79 Å². The summed E-state index contributed by atoms with van der Waals surface area (Å²) in [5, 5.41) is 4.66. The summed E-state index contributed by atoms with van der Waals surface area (Å²) in [6, 6.07) is 16.4. The molecule has 7 nitrogen and oxygen atoms in total. The number of urea groups is 1. The fourth-order valence-electron chi connectivity index (χ4n) is 2.30.